The molecule has 0 saturated heterocycles. The average Bonchev–Trinajstić information content (AvgIpc) is 3.40. The summed E-state index contributed by atoms with van der Waals surface area (Å²) in [7, 11) is 4.57. The first-order valence-corrected chi connectivity index (χ1v) is 9.06. The van der Waals surface area contributed by atoms with E-state index >= 15 is 0 Å². The first-order chi connectivity index (χ1) is 14.5. The van der Waals surface area contributed by atoms with E-state index in [1.807, 2.05) is 0 Å². The Balaban J connectivity index is 1.94. The molecule has 156 valence electrons. The van der Waals surface area contributed by atoms with Crippen molar-refractivity contribution in [3.63, 3.8) is 0 Å². The smallest absolute Gasteiger partial charge is 0.248 e. The van der Waals surface area contributed by atoms with Crippen LogP contribution in [0.15, 0.2) is 46.2 Å². The lowest BCUT2D eigenvalue weighted by molar-refractivity contribution is -0.115. The maximum Gasteiger partial charge on any atom is 0.248 e. The van der Waals surface area contributed by atoms with Gasteiger partial charge in [-0.2, -0.15) is 4.98 Å². The molecule has 0 bridgehead atoms. The van der Waals surface area contributed by atoms with Crippen molar-refractivity contribution in [1.29, 1.82) is 0 Å². The average molecular weight is 411 g/mol. The predicted molar refractivity (Wildman–Crippen MR) is 107 cm³/mol. The van der Waals surface area contributed by atoms with E-state index in [9.17, 15) is 4.79 Å². The molecule has 0 saturated carbocycles. The topological polar surface area (TPSA) is 127 Å². The number of rotatable bonds is 6. The first-order valence-electron chi connectivity index (χ1n) is 9.06. The second-order valence-electron chi connectivity index (χ2n) is 6.57. The standard InChI is InChI=1S/C20H21N5O5/c1-10-15(18(21)26)16(11-8-13(27-2)17(29-4)14(9-11)28-3)25-20(22-10)23-19(24-25)12-6-5-7-30-12/h5-9,16H,1-4H3,(H2,21,26)(H,22,23,24). The van der Waals surface area contributed by atoms with Gasteiger partial charge in [0.05, 0.1) is 33.2 Å². The number of ether oxygens (including phenoxy) is 3. The number of furan rings is 1. The van der Waals surface area contributed by atoms with Crippen LogP contribution < -0.4 is 25.3 Å². The largest absolute Gasteiger partial charge is 0.493 e. The number of amides is 1. The van der Waals surface area contributed by atoms with Crippen molar-refractivity contribution in [3.8, 4) is 28.8 Å². The van der Waals surface area contributed by atoms with E-state index in [2.05, 4.69) is 15.4 Å². The minimum atomic E-state index is -0.663. The summed E-state index contributed by atoms with van der Waals surface area (Å²) in [5, 5.41) is 7.66. The highest BCUT2D eigenvalue weighted by molar-refractivity contribution is 5.95. The number of hydrogen-bond donors (Lipinski definition) is 2. The highest BCUT2D eigenvalue weighted by Crippen LogP contribution is 2.43. The van der Waals surface area contributed by atoms with Gasteiger partial charge in [0.25, 0.3) is 0 Å². The molecule has 2 aromatic heterocycles. The van der Waals surface area contributed by atoms with E-state index in [4.69, 9.17) is 24.4 Å². The number of methoxy groups -OCH3 is 3. The molecule has 4 rings (SSSR count). The van der Waals surface area contributed by atoms with Crippen molar-refractivity contribution in [2.24, 2.45) is 5.73 Å². The molecule has 30 heavy (non-hydrogen) atoms. The van der Waals surface area contributed by atoms with Crippen molar-refractivity contribution in [3.05, 3.63) is 47.4 Å². The molecule has 1 unspecified atom stereocenters. The van der Waals surface area contributed by atoms with Gasteiger partial charge in [0, 0.05) is 5.70 Å². The van der Waals surface area contributed by atoms with Gasteiger partial charge in [0.1, 0.15) is 6.04 Å². The highest BCUT2D eigenvalue weighted by Gasteiger charge is 2.35. The maximum atomic E-state index is 12.4. The first kappa shape index (κ1) is 19.4. The molecule has 0 aliphatic carbocycles. The molecular formula is C20H21N5O5. The summed E-state index contributed by atoms with van der Waals surface area (Å²) in [6, 6.07) is 6.35. The second kappa shape index (κ2) is 7.47. The number of benzene rings is 1. The Kier molecular flexibility index (Phi) is 4.82. The zero-order valence-electron chi connectivity index (χ0n) is 16.9. The molecule has 10 nitrogen and oxygen atoms in total. The zero-order valence-corrected chi connectivity index (χ0v) is 16.9. The molecule has 1 aliphatic heterocycles. The fraction of sp³-hybridized carbons (Fsp3) is 0.250. The monoisotopic (exact) mass is 411 g/mol. The van der Waals surface area contributed by atoms with Gasteiger partial charge < -0.3 is 29.7 Å². The number of fused-ring (bicyclic) bond motifs is 1. The van der Waals surface area contributed by atoms with Crippen LogP contribution >= 0.6 is 0 Å². The van der Waals surface area contributed by atoms with Crippen LogP contribution in [0.25, 0.3) is 11.6 Å². The van der Waals surface area contributed by atoms with E-state index in [1.165, 1.54) is 27.6 Å². The van der Waals surface area contributed by atoms with E-state index in [0.29, 0.717) is 51.6 Å². The van der Waals surface area contributed by atoms with Crippen molar-refractivity contribution in [2.45, 2.75) is 13.0 Å². The molecule has 0 fully saturated rings. The summed E-state index contributed by atoms with van der Waals surface area (Å²) in [6.07, 6.45) is 1.54. The Morgan fingerprint density at radius 2 is 1.90 bits per heavy atom. The van der Waals surface area contributed by atoms with Gasteiger partial charge in [-0.1, -0.05) is 0 Å². The molecule has 10 heteroatoms. The number of aromatic nitrogens is 3. The molecular weight excluding hydrogens is 390 g/mol. The summed E-state index contributed by atoms with van der Waals surface area (Å²) in [5.41, 5.74) is 7.32. The van der Waals surface area contributed by atoms with Crippen LogP contribution in [-0.4, -0.2) is 42.0 Å². The van der Waals surface area contributed by atoms with E-state index in [1.54, 1.807) is 35.9 Å². The molecule has 0 radical (unpaired) electrons. The van der Waals surface area contributed by atoms with Crippen LogP contribution in [0.4, 0.5) is 5.95 Å². The van der Waals surface area contributed by atoms with Gasteiger partial charge >= 0.3 is 0 Å². The number of hydrogen-bond acceptors (Lipinski definition) is 8. The quantitative estimate of drug-likeness (QED) is 0.633. The molecule has 1 amide bonds. The van der Waals surface area contributed by atoms with Crippen LogP contribution in [0.1, 0.15) is 18.5 Å². The SMILES string of the molecule is COc1cc(C2C(C(N)=O)=C(C)Nc3nc(-c4ccco4)nn32)cc(OC)c1OC. The van der Waals surface area contributed by atoms with Crippen LogP contribution in [0.5, 0.6) is 17.2 Å². The van der Waals surface area contributed by atoms with Crippen molar-refractivity contribution in [1.82, 2.24) is 14.8 Å². The number of nitrogens with two attached hydrogens (primary N) is 1. The maximum absolute atomic E-state index is 12.4. The lowest BCUT2D eigenvalue weighted by Gasteiger charge is -2.28. The Hall–Kier alpha value is -3.95. The van der Waals surface area contributed by atoms with Gasteiger partial charge in [-0.25, -0.2) is 4.68 Å². The summed E-state index contributed by atoms with van der Waals surface area (Å²) < 4.78 is 23.4. The van der Waals surface area contributed by atoms with Crippen LogP contribution in [0, 0.1) is 0 Å². The molecule has 3 heterocycles. The Morgan fingerprint density at radius 1 is 1.20 bits per heavy atom. The Morgan fingerprint density at radius 3 is 2.43 bits per heavy atom. The number of anilines is 1. The van der Waals surface area contributed by atoms with Crippen LogP contribution in [-0.2, 0) is 4.79 Å². The van der Waals surface area contributed by atoms with E-state index in [-0.39, 0.29) is 0 Å². The van der Waals surface area contributed by atoms with Crippen LogP contribution in [0.3, 0.4) is 0 Å². The van der Waals surface area contributed by atoms with Gasteiger partial charge in [-0.3, -0.25) is 4.79 Å². The predicted octanol–water partition coefficient (Wildman–Crippen LogP) is 2.34. The molecule has 1 aromatic carbocycles. The fourth-order valence-corrected chi connectivity index (χ4v) is 3.55. The molecule has 1 aliphatic rings. The van der Waals surface area contributed by atoms with Gasteiger partial charge in [-0.05, 0) is 36.8 Å². The number of allylic oxidation sites excluding steroid dienone is 1. The van der Waals surface area contributed by atoms with Gasteiger partial charge in [0.2, 0.25) is 23.4 Å². The molecule has 1 atom stereocenters. The lowest BCUT2D eigenvalue weighted by Crippen LogP contribution is -2.31. The lowest BCUT2D eigenvalue weighted by atomic mass is 9.94. The van der Waals surface area contributed by atoms with Crippen LogP contribution in [0.2, 0.25) is 0 Å². The minimum Gasteiger partial charge on any atom is -0.493 e. The van der Waals surface area contributed by atoms with Crippen molar-refractivity contribution >= 4 is 11.9 Å². The molecule has 3 N–H and O–H groups in total. The number of carbonyl (C=O) groups excluding carboxylic acids is 1. The minimum absolute atomic E-state index is 0.340. The highest BCUT2D eigenvalue weighted by atomic mass is 16.5. The zero-order chi connectivity index (χ0) is 21.4. The Labute approximate surface area is 172 Å². The van der Waals surface area contributed by atoms with Crippen molar-refractivity contribution in [2.75, 3.05) is 26.6 Å². The summed E-state index contributed by atoms with van der Waals surface area (Å²) >= 11 is 0. The second-order valence-corrected chi connectivity index (χ2v) is 6.57. The number of nitrogens with one attached hydrogen (secondary N) is 1. The Bertz CT molecular complexity index is 1110. The summed E-state index contributed by atoms with van der Waals surface area (Å²) in [4.78, 5) is 16.9. The van der Waals surface area contributed by atoms with E-state index in [0.717, 1.165) is 0 Å². The number of primary amides is 1. The van der Waals surface area contributed by atoms with Gasteiger partial charge in [-0.15, -0.1) is 5.10 Å². The van der Waals surface area contributed by atoms with Gasteiger partial charge in [0.15, 0.2) is 17.3 Å². The van der Waals surface area contributed by atoms with Crippen molar-refractivity contribution < 1.29 is 23.4 Å². The third-order valence-corrected chi connectivity index (χ3v) is 4.86. The third-order valence-electron chi connectivity index (χ3n) is 4.86. The number of nitrogens with zero attached hydrogens (tertiary/aromatic N) is 3. The third kappa shape index (κ3) is 3.02. The molecule has 0 spiro atoms. The summed E-state index contributed by atoms with van der Waals surface area (Å²) in [6.45, 7) is 1.76. The normalized spacial score (nSPS) is 15.4. The summed E-state index contributed by atoms with van der Waals surface area (Å²) in [5.74, 6) is 2.06. The molecule has 3 aromatic rings. The number of carbonyl (C=O) groups is 1. The fourth-order valence-electron chi connectivity index (χ4n) is 3.55. The van der Waals surface area contributed by atoms with E-state index < -0.39 is 11.9 Å².